The van der Waals surface area contributed by atoms with E-state index in [1.807, 2.05) is 12.1 Å². The molecule has 70 valence electrons. The van der Waals surface area contributed by atoms with Crippen LogP contribution < -0.4 is 4.90 Å². The number of alkyl halides is 1. The average Bonchev–Trinajstić information content (AvgIpc) is 2.49. The lowest BCUT2D eigenvalue weighted by Gasteiger charge is -2.14. The van der Waals surface area contributed by atoms with Crippen LogP contribution in [0.4, 0.5) is 5.82 Å². The Morgan fingerprint density at radius 3 is 2.92 bits per heavy atom. The standard InChI is InChI=1S/C9H12ClN3/c1-7-5-13(6-8(7)10)9-3-2-4-11-12-9/h2-4,7-8H,5-6H2,1H3. The van der Waals surface area contributed by atoms with E-state index in [-0.39, 0.29) is 5.38 Å². The minimum absolute atomic E-state index is 0.238. The SMILES string of the molecule is CC1CN(c2cccnn2)CC1Cl. The molecule has 2 atom stereocenters. The molecule has 0 aromatic carbocycles. The second-order valence-electron chi connectivity index (χ2n) is 3.48. The van der Waals surface area contributed by atoms with Gasteiger partial charge in [-0.1, -0.05) is 6.92 Å². The molecule has 1 aliphatic rings. The van der Waals surface area contributed by atoms with Gasteiger partial charge in [-0.2, -0.15) is 5.10 Å². The van der Waals surface area contributed by atoms with Crippen LogP contribution in [0.15, 0.2) is 18.3 Å². The van der Waals surface area contributed by atoms with Gasteiger partial charge in [-0.15, -0.1) is 16.7 Å². The average molecular weight is 198 g/mol. The summed E-state index contributed by atoms with van der Waals surface area (Å²) in [6.07, 6.45) is 1.68. The lowest BCUT2D eigenvalue weighted by atomic mass is 10.2. The topological polar surface area (TPSA) is 29.0 Å². The fourth-order valence-electron chi connectivity index (χ4n) is 1.58. The third kappa shape index (κ3) is 1.75. The van der Waals surface area contributed by atoms with Gasteiger partial charge in [0.1, 0.15) is 0 Å². The molecule has 0 saturated carbocycles. The van der Waals surface area contributed by atoms with Crippen LogP contribution in [0.3, 0.4) is 0 Å². The Morgan fingerprint density at radius 2 is 2.38 bits per heavy atom. The number of nitrogens with zero attached hydrogens (tertiary/aromatic N) is 3. The summed E-state index contributed by atoms with van der Waals surface area (Å²) in [6, 6.07) is 3.86. The van der Waals surface area contributed by atoms with Crippen molar-refractivity contribution in [1.29, 1.82) is 0 Å². The van der Waals surface area contributed by atoms with Crippen molar-refractivity contribution in [2.24, 2.45) is 5.92 Å². The van der Waals surface area contributed by atoms with E-state index in [1.165, 1.54) is 0 Å². The molecule has 0 N–H and O–H groups in total. The lowest BCUT2D eigenvalue weighted by molar-refractivity contribution is 0.665. The highest BCUT2D eigenvalue weighted by atomic mass is 35.5. The highest BCUT2D eigenvalue weighted by molar-refractivity contribution is 6.21. The van der Waals surface area contributed by atoms with Gasteiger partial charge in [0, 0.05) is 19.3 Å². The molecule has 2 heterocycles. The molecule has 1 fully saturated rings. The molecule has 1 aromatic rings. The fraction of sp³-hybridized carbons (Fsp3) is 0.556. The first-order valence-corrected chi connectivity index (χ1v) is 4.88. The molecule has 0 radical (unpaired) electrons. The number of anilines is 1. The van der Waals surface area contributed by atoms with E-state index in [1.54, 1.807) is 6.20 Å². The molecule has 13 heavy (non-hydrogen) atoms. The zero-order chi connectivity index (χ0) is 9.26. The van der Waals surface area contributed by atoms with Crippen LogP contribution in [0.25, 0.3) is 0 Å². The third-order valence-corrected chi connectivity index (χ3v) is 2.97. The number of halogens is 1. The summed E-state index contributed by atoms with van der Waals surface area (Å²) in [5.41, 5.74) is 0. The first-order chi connectivity index (χ1) is 6.27. The smallest absolute Gasteiger partial charge is 0.151 e. The normalized spacial score (nSPS) is 28.0. The largest absolute Gasteiger partial charge is 0.353 e. The summed E-state index contributed by atoms with van der Waals surface area (Å²) in [5.74, 6) is 1.46. The van der Waals surface area contributed by atoms with Crippen molar-refractivity contribution in [2.75, 3.05) is 18.0 Å². The summed E-state index contributed by atoms with van der Waals surface area (Å²) >= 11 is 6.12. The summed E-state index contributed by atoms with van der Waals surface area (Å²) in [7, 11) is 0. The predicted octanol–water partition coefficient (Wildman–Crippen LogP) is 1.54. The van der Waals surface area contributed by atoms with Gasteiger partial charge in [0.05, 0.1) is 5.38 Å². The second-order valence-corrected chi connectivity index (χ2v) is 4.04. The number of hydrogen-bond donors (Lipinski definition) is 0. The molecule has 2 unspecified atom stereocenters. The Labute approximate surface area is 82.7 Å². The van der Waals surface area contributed by atoms with Crippen molar-refractivity contribution >= 4 is 17.4 Å². The maximum Gasteiger partial charge on any atom is 0.151 e. The molecule has 2 rings (SSSR count). The van der Waals surface area contributed by atoms with Gasteiger partial charge in [-0.3, -0.25) is 0 Å². The van der Waals surface area contributed by atoms with Gasteiger partial charge >= 0.3 is 0 Å². The minimum atomic E-state index is 0.238. The molecule has 1 aliphatic heterocycles. The molecule has 0 bridgehead atoms. The van der Waals surface area contributed by atoms with Crippen molar-refractivity contribution in [2.45, 2.75) is 12.3 Å². The summed E-state index contributed by atoms with van der Waals surface area (Å²) in [6.45, 7) is 4.02. The highest BCUT2D eigenvalue weighted by Crippen LogP contribution is 2.24. The van der Waals surface area contributed by atoms with Gasteiger partial charge < -0.3 is 4.90 Å². The lowest BCUT2D eigenvalue weighted by Crippen LogP contribution is -2.21. The Morgan fingerprint density at radius 1 is 1.54 bits per heavy atom. The van der Waals surface area contributed by atoms with Crippen LogP contribution >= 0.6 is 11.6 Å². The van der Waals surface area contributed by atoms with Crippen molar-refractivity contribution in [1.82, 2.24) is 10.2 Å². The van der Waals surface area contributed by atoms with Crippen LogP contribution in [-0.2, 0) is 0 Å². The minimum Gasteiger partial charge on any atom is -0.353 e. The van der Waals surface area contributed by atoms with E-state index in [0.717, 1.165) is 18.9 Å². The Kier molecular flexibility index (Phi) is 2.36. The van der Waals surface area contributed by atoms with E-state index in [2.05, 4.69) is 22.0 Å². The molecular formula is C9H12ClN3. The van der Waals surface area contributed by atoms with E-state index in [9.17, 15) is 0 Å². The Balaban J connectivity index is 2.12. The van der Waals surface area contributed by atoms with Crippen molar-refractivity contribution in [3.8, 4) is 0 Å². The third-order valence-electron chi connectivity index (χ3n) is 2.40. The number of hydrogen-bond acceptors (Lipinski definition) is 3. The summed E-state index contributed by atoms with van der Waals surface area (Å²) < 4.78 is 0. The fourth-order valence-corrected chi connectivity index (χ4v) is 1.82. The van der Waals surface area contributed by atoms with E-state index < -0.39 is 0 Å². The zero-order valence-corrected chi connectivity index (χ0v) is 8.28. The van der Waals surface area contributed by atoms with E-state index in [4.69, 9.17) is 11.6 Å². The highest BCUT2D eigenvalue weighted by Gasteiger charge is 2.28. The quantitative estimate of drug-likeness (QED) is 0.640. The number of rotatable bonds is 1. The van der Waals surface area contributed by atoms with Gasteiger partial charge in [0.15, 0.2) is 5.82 Å². The maximum atomic E-state index is 6.12. The maximum absolute atomic E-state index is 6.12. The van der Waals surface area contributed by atoms with E-state index in [0.29, 0.717) is 5.92 Å². The molecule has 1 aromatic heterocycles. The summed E-state index contributed by atoms with van der Waals surface area (Å²) in [5, 5.41) is 8.13. The zero-order valence-electron chi connectivity index (χ0n) is 7.52. The van der Waals surface area contributed by atoms with Gasteiger partial charge in [0.25, 0.3) is 0 Å². The van der Waals surface area contributed by atoms with Crippen LogP contribution in [-0.4, -0.2) is 28.7 Å². The number of aromatic nitrogens is 2. The molecule has 0 spiro atoms. The van der Waals surface area contributed by atoms with Crippen molar-refractivity contribution in [3.63, 3.8) is 0 Å². The first-order valence-electron chi connectivity index (χ1n) is 4.44. The molecule has 1 saturated heterocycles. The molecule has 0 aliphatic carbocycles. The van der Waals surface area contributed by atoms with Crippen molar-refractivity contribution < 1.29 is 0 Å². The monoisotopic (exact) mass is 197 g/mol. The molecular weight excluding hydrogens is 186 g/mol. The van der Waals surface area contributed by atoms with Crippen LogP contribution in [0.2, 0.25) is 0 Å². The summed E-state index contributed by atoms with van der Waals surface area (Å²) in [4.78, 5) is 2.18. The van der Waals surface area contributed by atoms with Gasteiger partial charge in [-0.25, -0.2) is 0 Å². The van der Waals surface area contributed by atoms with E-state index >= 15 is 0 Å². The van der Waals surface area contributed by atoms with Crippen LogP contribution in [0.5, 0.6) is 0 Å². The Hall–Kier alpha value is -0.830. The van der Waals surface area contributed by atoms with Crippen LogP contribution in [0.1, 0.15) is 6.92 Å². The second kappa shape index (κ2) is 3.50. The molecule has 4 heteroatoms. The van der Waals surface area contributed by atoms with Crippen LogP contribution in [0, 0.1) is 5.92 Å². The first kappa shape index (κ1) is 8.75. The predicted molar refractivity (Wildman–Crippen MR) is 53.1 cm³/mol. The van der Waals surface area contributed by atoms with Gasteiger partial charge in [0.2, 0.25) is 0 Å². The molecule has 3 nitrogen and oxygen atoms in total. The van der Waals surface area contributed by atoms with Gasteiger partial charge in [-0.05, 0) is 18.1 Å². The Bertz CT molecular complexity index is 267. The van der Waals surface area contributed by atoms with Crippen molar-refractivity contribution in [3.05, 3.63) is 18.3 Å². The molecule has 0 amide bonds.